The number of hydrogen-bond acceptors (Lipinski definition) is 5. The molecular weight excluding hydrogens is 428 g/mol. The van der Waals surface area contributed by atoms with Crippen molar-refractivity contribution in [3.05, 3.63) is 5.21 Å². The van der Waals surface area contributed by atoms with Crippen LogP contribution in [0, 0.1) is 11.1 Å². The van der Waals surface area contributed by atoms with Gasteiger partial charge in [0.25, 0.3) is 0 Å². The van der Waals surface area contributed by atoms with Crippen molar-refractivity contribution < 1.29 is 19.2 Å². The van der Waals surface area contributed by atoms with Crippen molar-refractivity contribution in [1.82, 2.24) is 4.90 Å². The summed E-state index contributed by atoms with van der Waals surface area (Å²) >= 11 is 0. The number of fused-ring (bicyclic) bond motifs is 2. The molecule has 1 unspecified atom stereocenters. The van der Waals surface area contributed by atoms with Gasteiger partial charge < -0.3 is 24.4 Å². The van der Waals surface area contributed by atoms with Gasteiger partial charge in [-0.15, -0.1) is 0 Å². The molecule has 5 aliphatic heterocycles. The summed E-state index contributed by atoms with van der Waals surface area (Å²) in [5.74, 6) is 0.718. The summed E-state index contributed by atoms with van der Waals surface area (Å²) in [6.45, 7) is 3.68. The summed E-state index contributed by atoms with van der Waals surface area (Å²) in [5, 5.41) is 25.1. The maximum Gasteiger partial charge on any atom is 0.222 e. The van der Waals surface area contributed by atoms with Crippen molar-refractivity contribution in [2.45, 2.75) is 146 Å². The van der Waals surface area contributed by atoms with Crippen LogP contribution in [-0.4, -0.2) is 71.1 Å². The number of aliphatic hydroxyl groups is 1. The molecule has 0 aromatic heterocycles. The van der Waals surface area contributed by atoms with Gasteiger partial charge in [0.05, 0.1) is 25.3 Å². The number of piperidine rings is 2. The third-order valence-corrected chi connectivity index (χ3v) is 9.77. The molecule has 6 nitrogen and oxygen atoms in total. The Labute approximate surface area is 207 Å². The maximum absolute atomic E-state index is 13.5. The van der Waals surface area contributed by atoms with Crippen molar-refractivity contribution in [2.24, 2.45) is 5.92 Å². The lowest BCUT2D eigenvalue weighted by Gasteiger charge is -2.59. The second-order valence-electron chi connectivity index (χ2n) is 12.3. The topological polar surface area (TPSA) is 65.0 Å². The molecule has 196 valence electrons. The number of quaternary nitrogens is 1. The van der Waals surface area contributed by atoms with Crippen LogP contribution >= 0.6 is 0 Å². The van der Waals surface area contributed by atoms with Crippen LogP contribution in [0.4, 0.5) is 0 Å². The highest BCUT2D eigenvalue weighted by atomic mass is 16.6. The SMILES string of the molecule is [O-][N+]12CCC[C@]3(O)CCCCCC[C@@H]4CCN5CCC[C@@H](CCCCCC[C@H](CC1)O[C@@H]32)[C@@H]5O4. The van der Waals surface area contributed by atoms with Crippen molar-refractivity contribution in [2.75, 3.05) is 26.2 Å². The number of nitrogens with zero attached hydrogens (tertiary/aromatic N) is 2. The molecule has 5 fully saturated rings. The highest BCUT2D eigenvalue weighted by molar-refractivity contribution is 4.90. The normalized spacial score (nSPS) is 45.9. The molecule has 0 amide bonds. The molecule has 1 N–H and O–H groups in total. The molecule has 0 aromatic carbocycles. The van der Waals surface area contributed by atoms with E-state index in [0.29, 0.717) is 31.8 Å². The molecule has 0 radical (unpaired) electrons. The van der Waals surface area contributed by atoms with Gasteiger partial charge in [-0.25, -0.2) is 0 Å². The third-order valence-electron chi connectivity index (χ3n) is 9.77. The first-order valence-corrected chi connectivity index (χ1v) is 14.9. The van der Waals surface area contributed by atoms with E-state index in [1.165, 1.54) is 83.7 Å². The van der Waals surface area contributed by atoms with E-state index >= 15 is 0 Å². The Morgan fingerprint density at radius 1 is 0.676 bits per heavy atom. The number of hydroxylamine groups is 3. The average molecular weight is 479 g/mol. The summed E-state index contributed by atoms with van der Waals surface area (Å²) in [7, 11) is 0. The van der Waals surface area contributed by atoms with Crippen LogP contribution in [0.1, 0.15) is 116 Å². The summed E-state index contributed by atoms with van der Waals surface area (Å²) in [6, 6.07) is 0. The monoisotopic (exact) mass is 478 g/mol. The molecule has 0 aliphatic carbocycles. The Morgan fingerprint density at radius 3 is 2.18 bits per heavy atom. The quantitative estimate of drug-likeness (QED) is 0.370. The molecule has 0 saturated carbocycles. The summed E-state index contributed by atoms with van der Waals surface area (Å²) in [4.78, 5) is 2.63. The van der Waals surface area contributed by atoms with Gasteiger partial charge in [0.15, 0.2) is 0 Å². The molecule has 5 saturated heterocycles. The average Bonchev–Trinajstić information content (AvgIpc) is 2.83. The molecule has 4 bridgehead atoms. The van der Waals surface area contributed by atoms with E-state index in [2.05, 4.69) is 4.90 Å². The first-order valence-electron chi connectivity index (χ1n) is 14.9. The highest BCUT2D eigenvalue weighted by Crippen LogP contribution is 2.42. The van der Waals surface area contributed by atoms with E-state index in [9.17, 15) is 10.3 Å². The number of rotatable bonds is 0. The zero-order valence-electron chi connectivity index (χ0n) is 21.5. The lowest BCUT2D eigenvalue weighted by atomic mass is 9.83. The Hall–Kier alpha value is -0.240. The summed E-state index contributed by atoms with van der Waals surface area (Å²) in [6.07, 6.45) is 20.4. The molecule has 0 spiro atoms. The van der Waals surface area contributed by atoms with E-state index in [-0.39, 0.29) is 10.8 Å². The summed E-state index contributed by atoms with van der Waals surface area (Å²) < 4.78 is 12.8. The van der Waals surface area contributed by atoms with Gasteiger partial charge in [-0.1, -0.05) is 51.4 Å². The van der Waals surface area contributed by atoms with Crippen LogP contribution in [0.15, 0.2) is 0 Å². The molecule has 0 aromatic rings. The van der Waals surface area contributed by atoms with Crippen LogP contribution in [0.5, 0.6) is 0 Å². The lowest BCUT2D eigenvalue weighted by molar-refractivity contribution is -0.952. The molecule has 6 heteroatoms. The molecule has 34 heavy (non-hydrogen) atoms. The van der Waals surface area contributed by atoms with E-state index in [1.807, 2.05) is 0 Å². The molecule has 5 rings (SSSR count). The molecule has 5 aliphatic rings. The minimum Gasteiger partial charge on any atom is -0.631 e. The molecule has 7 atom stereocenters. The van der Waals surface area contributed by atoms with Gasteiger partial charge in [-0.3, -0.25) is 4.90 Å². The first-order chi connectivity index (χ1) is 16.6. The fourth-order valence-electron chi connectivity index (χ4n) is 7.80. The van der Waals surface area contributed by atoms with Gasteiger partial charge in [0.2, 0.25) is 6.23 Å². The van der Waals surface area contributed by atoms with E-state index in [0.717, 1.165) is 44.4 Å². The lowest BCUT2D eigenvalue weighted by Crippen LogP contribution is -2.69. The van der Waals surface area contributed by atoms with Crippen molar-refractivity contribution in [3.63, 3.8) is 0 Å². The second kappa shape index (κ2) is 11.4. The fourth-order valence-corrected chi connectivity index (χ4v) is 7.80. The van der Waals surface area contributed by atoms with Crippen LogP contribution < -0.4 is 0 Å². The van der Waals surface area contributed by atoms with Gasteiger partial charge in [0.1, 0.15) is 11.8 Å². The third kappa shape index (κ3) is 5.84. The Balaban J connectivity index is 1.20. The van der Waals surface area contributed by atoms with E-state index in [4.69, 9.17) is 9.47 Å². The van der Waals surface area contributed by atoms with Gasteiger partial charge in [-0.05, 0) is 63.7 Å². The zero-order valence-corrected chi connectivity index (χ0v) is 21.5. The van der Waals surface area contributed by atoms with Gasteiger partial charge >= 0.3 is 0 Å². The predicted octanol–water partition coefficient (Wildman–Crippen LogP) is 5.46. The van der Waals surface area contributed by atoms with Gasteiger partial charge in [0, 0.05) is 19.5 Å². The first kappa shape index (κ1) is 25.4. The number of ether oxygens (including phenoxy) is 2. The minimum absolute atomic E-state index is 0.153. The number of hydrogen-bond donors (Lipinski definition) is 1. The molecule has 5 heterocycles. The predicted molar refractivity (Wildman–Crippen MR) is 134 cm³/mol. The second-order valence-corrected chi connectivity index (χ2v) is 12.3. The van der Waals surface area contributed by atoms with Crippen LogP contribution in [0.25, 0.3) is 0 Å². The minimum atomic E-state index is -0.939. The Bertz CT molecular complexity index is 650. The largest absolute Gasteiger partial charge is 0.631 e. The Kier molecular flexibility index (Phi) is 8.55. The Morgan fingerprint density at radius 2 is 1.35 bits per heavy atom. The van der Waals surface area contributed by atoms with Crippen LogP contribution in [-0.2, 0) is 9.47 Å². The van der Waals surface area contributed by atoms with Crippen molar-refractivity contribution in [1.29, 1.82) is 0 Å². The highest BCUT2D eigenvalue weighted by Gasteiger charge is 2.53. The van der Waals surface area contributed by atoms with Crippen LogP contribution in [0.3, 0.4) is 0 Å². The fraction of sp³-hybridized carbons (Fsp3) is 1.00. The van der Waals surface area contributed by atoms with E-state index in [1.54, 1.807) is 0 Å². The van der Waals surface area contributed by atoms with Gasteiger partial charge in [-0.2, -0.15) is 0 Å². The van der Waals surface area contributed by atoms with E-state index < -0.39 is 11.8 Å². The summed E-state index contributed by atoms with van der Waals surface area (Å²) in [5.41, 5.74) is -0.939. The zero-order chi connectivity index (χ0) is 23.4. The molecular formula is C28H50N2O4. The smallest absolute Gasteiger partial charge is 0.222 e. The van der Waals surface area contributed by atoms with Crippen molar-refractivity contribution in [3.8, 4) is 0 Å². The maximum atomic E-state index is 13.5. The standard InChI is InChI=1S/C28H50N2O4/c31-28-17-8-4-3-7-13-24-15-20-29-19-9-12-23(26(29)33-24)11-5-1-2-6-14-25-16-22-30(32,21-10-18-28)27(28)34-25/h23-27,31H,1-22H2/t23-,24-,25-,26+,27+,28-,30?/m1/s1. The van der Waals surface area contributed by atoms with Crippen molar-refractivity contribution >= 4 is 0 Å². The van der Waals surface area contributed by atoms with Crippen LogP contribution in [0.2, 0.25) is 0 Å².